The van der Waals surface area contributed by atoms with Gasteiger partial charge in [-0.25, -0.2) is 0 Å². The molecule has 4 heteroatoms. The molecule has 0 saturated heterocycles. The van der Waals surface area contributed by atoms with E-state index in [4.69, 9.17) is 0 Å². The van der Waals surface area contributed by atoms with Crippen molar-refractivity contribution in [1.29, 1.82) is 0 Å². The lowest BCUT2D eigenvalue weighted by molar-refractivity contribution is -0.122. The normalized spacial score (nSPS) is 10.5. The van der Waals surface area contributed by atoms with Crippen LogP contribution >= 0.6 is 0 Å². The molecule has 1 rings (SSSR count). The molecule has 0 aliphatic heterocycles. The molecule has 0 aromatic heterocycles. The lowest BCUT2D eigenvalue weighted by atomic mass is 10.0. The minimum absolute atomic E-state index is 0.0146. The molecular formula is C16H24N2O2. The molecule has 2 amide bonds. The molecular weight excluding hydrogens is 252 g/mol. The highest BCUT2D eigenvalue weighted by Crippen LogP contribution is 2.22. The van der Waals surface area contributed by atoms with Crippen LogP contribution in [0, 0.1) is 5.92 Å². The summed E-state index contributed by atoms with van der Waals surface area (Å²) in [5, 5.41) is 0. The van der Waals surface area contributed by atoms with E-state index in [9.17, 15) is 9.59 Å². The Bertz CT molecular complexity index is 464. The van der Waals surface area contributed by atoms with Crippen LogP contribution in [0.25, 0.3) is 0 Å². The fraction of sp³-hybridized carbons (Fsp3) is 0.500. The zero-order valence-electron chi connectivity index (χ0n) is 13.0. The van der Waals surface area contributed by atoms with Gasteiger partial charge < -0.3 is 9.80 Å². The Kier molecular flexibility index (Phi) is 5.74. The standard InChI is InChI=1S/C16H24N2O2/c1-6-13(7-2)16(20)18(5)15-10-8-14(9-11-15)17(4)12(3)19/h8-11,13H,6-7H2,1-5H3. The third kappa shape index (κ3) is 3.59. The molecule has 20 heavy (non-hydrogen) atoms. The van der Waals surface area contributed by atoms with Crippen molar-refractivity contribution in [3.05, 3.63) is 24.3 Å². The van der Waals surface area contributed by atoms with Gasteiger partial charge in [-0.15, -0.1) is 0 Å². The molecule has 0 spiro atoms. The number of anilines is 2. The summed E-state index contributed by atoms with van der Waals surface area (Å²) >= 11 is 0. The van der Waals surface area contributed by atoms with Crippen LogP contribution in [0.2, 0.25) is 0 Å². The van der Waals surface area contributed by atoms with Crippen molar-refractivity contribution in [3.63, 3.8) is 0 Å². The average molecular weight is 276 g/mol. The van der Waals surface area contributed by atoms with Crippen LogP contribution in [0.3, 0.4) is 0 Å². The molecule has 110 valence electrons. The first-order valence-electron chi connectivity index (χ1n) is 7.04. The van der Waals surface area contributed by atoms with Crippen LogP contribution in [0.5, 0.6) is 0 Å². The summed E-state index contributed by atoms with van der Waals surface area (Å²) in [5.41, 5.74) is 1.67. The Labute approximate surface area is 121 Å². The van der Waals surface area contributed by atoms with E-state index in [0.717, 1.165) is 24.2 Å². The van der Waals surface area contributed by atoms with Crippen LogP contribution in [0.1, 0.15) is 33.6 Å². The van der Waals surface area contributed by atoms with Gasteiger partial charge in [0.2, 0.25) is 11.8 Å². The number of hydrogen-bond donors (Lipinski definition) is 0. The van der Waals surface area contributed by atoms with Crippen molar-refractivity contribution in [2.24, 2.45) is 5.92 Å². The molecule has 0 atom stereocenters. The lowest BCUT2D eigenvalue weighted by Crippen LogP contribution is -2.32. The third-order valence-corrected chi connectivity index (χ3v) is 3.76. The van der Waals surface area contributed by atoms with Gasteiger partial charge >= 0.3 is 0 Å². The molecule has 0 radical (unpaired) electrons. The summed E-state index contributed by atoms with van der Waals surface area (Å²) in [6.45, 7) is 5.59. The molecule has 0 aliphatic rings. The van der Waals surface area contributed by atoms with Crippen molar-refractivity contribution in [1.82, 2.24) is 0 Å². The molecule has 0 heterocycles. The maximum Gasteiger partial charge on any atom is 0.229 e. The van der Waals surface area contributed by atoms with Crippen LogP contribution in [0.15, 0.2) is 24.3 Å². The molecule has 1 aromatic carbocycles. The van der Waals surface area contributed by atoms with Crippen molar-refractivity contribution in [2.75, 3.05) is 23.9 Å². The van der Waals surface area contributed by atoms with Crippen molar-refractivity contribution >= 4 is 23.2 Å². The summed E-state index contributed by atoms with van der Waals surface area (Å²) in [5.74, 6) is 0.196. The van der Waals surface area contributed by atoms with Gasteiger partial charge in [-0.2, -0.15) is 0 Å². The SMILES string of the molecule is CCC(CC)C(=O)N(C)c1ccc(N(C)C(C)=O)cc1. The van der Waals surface area contributed by atoms with Crippen molar-refractivity contribution < 1.29 is 9.59 Å². The molecule has 0 fully saturated rings. The van der Waals surface area contributed by atoms with E-state index in [-0.39, 0.29) is 17.7 Å². The molecule has 0 aliphatic carbocycles. The summed E-state index contributed by atoms with van der Waals surface area (Å²) in [6.07, 6.45) is 1.70. The Hall–Kier alpha value is -1.84. The van der Waals surface area contributed by atoms with Gasteiger partial charge in [0.05, 0.1) is 0 Å². The first-order chi connectivity index (χ1) is 9.42. The topological polar surface area (TPSA) is 40.6 Å². The van der Waals surface area contributed by atoms with Gasteiger partial charge in [0.1, 0.15) is 0 Å². The lowest BCUT2D eigenvalue weighted by Gasteiger charge is -2.23. The smallest absolute Gasteiger partial charge is 0.229 e. The average Bonchev–Trinajstić information content (AvgIpc) is 2.46. The maximum absolute atomic E-state index is 12.3. The second-order valence-electron chi connectivity index (χ2n) is 5.01. The minimum Gasteiger partial charge on any atom is -0.316 e. The summed E-state index contributed by atoms with van der Waals surface area (Å²) in [6, 6.07) is 7.45. The van der Waals surface area contributed by atoms with E-state index >= 15 is 0 Å². The first kappa shape index (κ1) is 16.2. The van der Waals surface area contributed by atoms with Crippen LogP contribution in [-0.2, 0) is 9.59 Å². The Morgan fingerprint density at radius 2 is 1.35 bits per heavy atom. The van der Waals surface area contributed by atoms with E-state index in [1.54, 1.807) is 23.9 Å². The van der Waals surface area contributed by atoms with E-state index in [2.05, 4.69) is 0 Å². The highest BCUT2D eigenvalue weighted by atomic mass is 16.2. The van der Waals surface area contributed by atoms with Crippen molar-refractivity contribution in [2.45, 2.75) is 33.6 Å². The highest BCUT2D eigenvalue weighted by molar-refractivity contribution is 5.95. The largest absolute Gasteiger partial charge is 0.316 e. The number of amides is 2. The van der Waals surface area contributed by atoms with Gasteiger partial charge in [0.15, 0.2) is 0 Å². The number of rotatable bonds is 5. The number of carbonyl (C=O) groups is 2. The monoisotopic (exact) mass is 276 g/mol. The Morgan fingerprint density at radius 3 is 1.70 bits per heavy atom. The molecule has 0 unspecified atom stereocenters. The predicted octanol–water partition coefficient (Wildman–Crippen LogP) is 3.07. The van der Waals surface area contributed by atoms with Gasteiger partial charge in [-0.3, -0.25) is 9.59 Å². The van der Waals surface area contributed by atoms with Gasteiger partial charge in [0.25, 0.3) is 0 Å². The number of hydrogen-bond acceptors (Lipinski definition) is 2. The Balaban J connectivity index is 2.88. The maximum atomic E-state index is 12.3. The summed E-state index contributed by atoms with van der Waals surface area (Å²) in [7, 11) is 3.53. The molecule has 0 saturated carbocycles. The second kappa shape index (κ2) is 7.08. The highest BCUT2D eigenvalue weighted by Gasteiger charge is 2.19. The fourth-order valence-electron chi connectivity index (χ4n) is 2.12. The number of nitrogens with zero attached hydrogens (tertiary/aromatic N) is 2. The number of carbonyl (C=O) groups excluding carboxylic acids is 2. The van der Waals surface area contributed by atoms with E-state index in [1.165, 1.54) is 6.92 Å². The van der Waals surface area contributed by atoms with E-state index < -0.39 is 0 Å². The first-order valence-corrected chi connectivity index (χ1v) is 7.04. The fourth-order valence-corrected chi connectivity index (χ4v) is 2.12. The van der Waals surface area contributed by atoms with E-state index in [1.807, 2.05) is 38.1 Å². The second-order valence-corrected chi connectivity index (χ2v) is 5.01. The van der Waals surface area contributed by atoms with Crippen molar-refractivity contribution in [3.8, 4) is 0 Å². The zero-order chi connectivity index (χ0) is 15.3. The molecule has 0 bridgehead atoms. The van der Waals surface area contributed by atoms with Crippen LogP contribution in [0.4, 0.5) is 11.4 Å². The number of benzene rings is 1. The van der Waals surface area contributed by atoms with E-state index in [0.29, 0.717) is 0 Å². The summed E-state index contributed by atoms with van der Waals surface area (Å²) < 4.78 is 0. The Morgan fingerprint density at radius 1 is 0.950 bits per heavy atom. The van der Waals surface area contributed by atoms with Crippen LogP contribution < -0.4 is 9.80 Å². The summed E-state index contributed by atoms with van der Waals surface area (Å²) in [4.78, 5) is 26.9. The van der Waals surface area contributed by atoms with Crippen LogP contribution in [-0.4, -0.2) is 25.9 Å². The predicted molar refractivity (Wildman–Crippen MR) is 83.0 cm³/mol. The third-order valence-electron chi connectivity index (χ3n) is 3.76. The van der Waals surface area contributed by atoms with Gasteiger partial charge in [-0.05, 0) is 37.1 Å². The quantitative estimate of drug-likeness (QED) is 0.829. The zero-order valence-corrected chi connectivity index (χ0v) is 13.0. The molecule has 1 aromatic rings. The minimum atomic E-state index is -0.0146. The molecule has 4 nitrogen and oxygen atoms in total. The molecule has 0 N–H and O–H groups in total. The van der Waals surface area contributed by atoms with Gasteiger partial charge in [0, 0.05) is 38.3 Å². The van der Waals surface area contributed by atoms with Gasteiger partial charge in [-0.1, -0.05) is 13.8 Å².